The van der Waals surface area contributed by atoms with Gasteiger partial charge in [0.25, 0.3) is 0 Å². The van der Waals surface area contributed by atoms with E-state index in [1.807, 2.05) is 18.2 Å². The van der Waals surface area contributed by atoms with Crippen molar-refractivity contribution in [1.82, 2.24) is 4.90 Å². The smallest absolute Gasteiger partial charge is 0.321 e. The third-order valence-electron chi connectivity index (χ3n) is 4.03. The van der Waals surface area contributed by atoms with E-state index in [9.17, 15) is 4.79 Å². The lowest BCUT2D eigenvalue weighted by molar-refractivity contribution is 0.187. The quantitative estimate of drug-likeness (QED) is 0.814. The van der Waals surface area contributed by atoms with Crippen LogP contribution < -0.4 is 10.2 Å². The number of hydrogen-bond acceptors (Lipinski definition) is 3. The van der Waals surface area contributed by atoms with Crippen LogP contribution in [0.15, 0.2) is 24.3 Å². The molecule has 1 aromatic carbocycles. The van der Waals surface area contributed by atoms with Crippen LogP contribution in [0.5, 0.6) is 0 Å². The maximum atomic E-state index is 12.5. The molecule has 0 aromatic heterocycles. The number of carbonyl (C=O) groups excluding carboxylic acids is 1. The summed E-state index contributed by atoms with van der Waals surface area (Å²) >= 11 is 0. The molecular formula is C17H27N3O2. The van der Waals surface area contributed by atoms with Crippen molar-refractivity contribution in [2.45, 2.75) is 32.6 Å². The molecule has 2 amide bonds. The van der Waals surface area contributed by atoms with Crippen LogP contribution in [-0.2, 0) is 0 Å². The molecule has 0 unspecified atom stereocenters. The Balaban J connectivity index is 2.06. The molecule has 1 fully saturated rings. The van der Waals surface area contributed by atoms with Crippen molar-refractivity contribution in [3.63, 3.8) is 0 Å². The van der Waals surface area contributed by atoms with Crippen molar-refractivity contribution in [1.29, 1.82) is 0 Å². The largest absolute Gasteiger partial charge is 0.395 e. The van der Waals surface area contributed by atoms with Gasteiger partial charge >= 0.3 is 6.03 Å². The van der Waals surface area contributed by atoms with Gasteiger partial charge in [-0.15, -0.1) is 0 Å². The molecule has 1 aliphatic heterocycles. The highest BCUT2D eigenvalue weighted by Gasteiger charge is 2.18. The van der Waals surface area contributed by atoms with Gasteiger partial charge in [0.2, 0.25) is 0 Å². The Morgan fingerprint density at radius 1 is 1.27 bits per heavy atom. The van der Waals surface area contributed by atoms with Gasteiger partial charge in [0.05, 0.1) is 18.0 Å². The van der Waals surface area contributed by atoms with Gasteiger partial charge in [0.15, 0.2) is 0 Å². The topological polar surface area (TPSA) is 55.8 Å². The van der Waals surface area contributed by atoms with E-state index < -0.39 is 0 Å². The monoisotopic (exact) mass is 305 g/mol. The van der Waals surface area contributed by atoms with Gasteiger partial charge in [-0.1, -0.05) is 25.5 Å². The standard InChI is InChI=1S/C17H27N3O2/c1-2-3-10-20(13-14-21)17(22)18-15-8-4-5-9-16(15)19-11-6-7-12-19/h4-5,8-9,21H,2-3,6-7,10-14H2,1H3,(H,18,22). The summed E-state index contributed by atoms with van der Waals surface area (Å²) in [6.45, 7) is 5.22. The lowest BCUT2D eigenvalue weighted by Crippen LogP contribution is -2.38. The third-order valence-corrected chi connectivity index (χ3v) is 4.03. The Bertz CT molecular complexity index is 473. The zero-order valence-electron chi connectivity index (χ0n) is 13.4. The van der Waals surface area contributed by atoms with Gasteiger partial charge < -0.3 is 20.2 Å². The molecule has 0 bridgehead atoms. The number of anilines is 2. The predicted octanol–water partition coefficient (Wildman–Crippen LogP) is 2.91. The summed E-state index contributed by atoms with van der Waals surface area (Å²) in [7, 11) is 0. The average Bonchev–Trinajstić information content (AvgIpc) is 3.06. The fraction of sp³-hybridized carbons (Fsp3) is 0.588. The predicted molar refractivity (Wildman–Crippen MR) is 90.5 cm³/mol. The molecule has 5 nitrogen and oxygen atoms in total. The molecule has 1 heterocycles. The number of amides is 2. The van der Waals surface area contributed by atoms with E-state index in [4.69, 9.17) is 5.11 Å². The molecule has 1 saturated heterocycles. The number of benzene rings is 1. The van der Waals surface area contributed by atoms with Crippen molar-refractivity contribution in [2.24, 2.45) is 0 Å². The second-order valence-corrected chi connectivity index (χ2v) is 5.71. The molecule has 122 valence electrons. The number of carbonyl (C=O) groups is 1. The van der Waals surface area contributed by atoms with Crippen molar-refractivity contribution < 1.29 is 9.90 Å². The summed E-state index contributed by atoms with van der Waals surface area (Å²) in [6, 6.07) is 7.82. The van der Waals surface area contributed by atoms with Crippen LogP contribution in [0, 0.1) is 0 Å². The van der Waals surface area contributed by atoms with Crippen molar-refractivity contribution in [2.75, 3.05) is 43.0 Å². The Labute approximate surface area is 132 Å². The molecular weight excluding hydrogens is 278 g/mol. The maximum Gasteiger partial charge on any atom is 0.321 e. The first-order chi connectivity index (χ1) is 10.8. The minimum Gasteiger partial charge on any atom is -0.395 e. The average molecular weight is 305 g/mol. The summed E-state index contributed by atoms with van der Waals surface area (Å²) in [5, 5.41) is 12.2. The number of rotatable bonds is 7. The summed E-state index contributed by atoms with van der Waals surface area (Å²) in [4.78, 5) is 16.5. The SMILES string of the molecule is CCCCN(CCO)C(=O)Nc1ccccc1N1CCCC1. The first kappa shape index (κ1) is 16.6. The zero-order chi connectivity index (χ0) is 15.8. The normalized spacial score (nSPS) is 14.2. The van der Waals surface area contributed by atoms with Crippen LogP contribution >= 0.6 is 0 Å². The summed E-state index contributed by atoms with van der Waals surface area (Å²) < 4.78 is 0. The van der Waals surface area contributed by atoms with Gasteiger partial charge in [-0.2, -0.15) is 0 Å². The van der Waals surface area contributed by atoms with E-state index in [2.05, 4.69) is 23.2 Å². The van der Waals surface area contributed by atoms with E-state index in [-0.39, 0.29) is 12.6 Å². The fourth-order valence-corrected chi connectivity index (χ4v) is 2.79. The summed E-state index contributed by atoms with van der Waals surface area (Å²) in [5.41, 5.74) is 1.95. The van der Waals surface area contributed by atoms with Crippen LogP contribution in [0.4, 0.5) is 16.2 Å². The van der Waals surface area contributed by atoms with Crippen LogP contribution in [0.25, 0.3) is 0 Å². The Morgan fingerprint density at radius 3 is 2.68 bits per heavy atom. The molecule has 0 atom stereocenters. The second-order valence-electron chi connectivity index (χ2n) is 5.71. The van der Waals surface area contributed by atoms with Crippen molar-refractivity contribution in [3.05, 3.63) is 24.3 Å². The van der Waals surface area contributed by atoms with E-state index in [1.54, 1.807) is 4.90 Å². The molecule has 2 N–H and O–H groups in total. The first-order valence-corrected chi connectivity index (χ1v) is 8.27. The number of para-hydroxylation sites is 2. The first-order valence-electron chi connectivity index (χ1n) is 8.27. The minimum absolute atomic E-state index is 0.00902. The Morgan fingerprint density at radius 2 is 2.00 bits per heavy atom. The molecule has 5 heteroatoms. The van der Waals surface area contributed by atoms with E-state index in [1.165, 1.54) is 12.8 Å². The zero-order valence-corrected chi connectivity index (χ0v) is 13.4. The minimum atomic E-state index is -0.130. The molecule has 1 aliphatic rings. The van der Waals surface area contributed by atoms with E-state index in [0.29, 0.717) is 13.1 Å². The van der Waals surface area contributed by atoms with Gasteiger partial charge in [-0.05, 0) is 31.4 Å². The molecule has 0 spiro atoms. The number of urea groups is 1. The number of nitrogens with zero attached hydrogens (tertiary/aromatic N) is 2. The van der Waals surface area contributed by atoms with E-state index >= 15 is 0 Å². The summed E-state index contributed by atoms with van der Waals surface area (Å²) in [6.07, 6.45) is 4.38. The molecule has 0 aliphatic carbocycles. The summed E-state index contributed by atoms with van der Waals surface area (Å²) in [5.74, 6) is 0. The fourth-order valence-electron chi connectivity index (χ4n) is 2.79. The highest BCUT2D eigenvalue weighted by molar-refractivity contribution is 5.93. The van der Waals surface area contributed by atoms with Gasteiger partial charge in [0, 0.05) is 26.2 Å². The van der Waals surface area contributed by atoms with Crippen molar-refractivity contribution in [3.8, 4) is 0 Å². The molecule has 1 aromatic rings. The lowest BCUT2D eigenvalue weighted by Gasteiger charge is -2.25. The highest BCUT2D eigenvalue weighted by atomic mass is 16.3. The number of unbranched alkanes of at least 4 members (excludes halogenated alkanes) is 1. The molecule has 2 rings (SSSR count). The highest BCUT2D eigenvalue weighted by Crippen LogP contribution is 2.28. The Kier molecular flexibility index (Phi) is 6.52. The van der Waals surface area contributed by atoms with Crippen LogP contribution in [0.2, 0.25) is 0 Å². The molecule has 0 saturated carbocycles. The van der Waals surface area contributed by atoms with Crippen LogP contribution in [0.3, 0.4) is 0 Å². The lowest BCUT2D eigenvalue weighted by atomic mass is 10.2. The number of aliphatic hydroxyl groups excluding tert-OH is 1. The number of aliphatic hydroxyl groups is 1. The van der Waals surface area contributed by atoms with Crippen LogP contribution in [0.1, 0.15) is 32.6 Å². The van der Waals surface area contributed by atoms with Crippen molar-refractivity contribution >= 4 is 17.4 Å². The molecule has 22 heavy (non-hydrogen) atoms. The van der Waals surface area contributed by atoms with Gasteiger partial charge in [-0.25, -0.2) is 4.79 Å². The number of hydrogen-bond donors (Lipinski definition) is 2. The Hall–Kier alpha value is -1.75. The number of nitrogens with one attached hydrogen (secondary N) is 1. The van der Waals surface area contributed by atoms with E-state index in [0.717, 1.165) is 37.3 Å². The second kappa shape index (κ2) is 8.63. The van der Waals surface area contributed by atoms with Gasteiger partial charge in [-0.3, -0.25) is 0 Å². The van der Waals surface area contributed by atoms with Gasteiger partial charge in [0.1, 0.15) is 0 Å². The molecule has 0 radical (unpaired) electrons. The third kappa shape index (κ3) is 4.37. The maximum absolute atomic E-state index is 12.5. The van der Waals surface area contributed by atoms with Crippen LogP contribution in [-0.4, -0.2) is 48.8 Å².